The lowest BCUT2D eigenvalue weighted by Gasteiger charge is -2.22. The van der Waals surface area contributed by atoms with E-state index >= 15 is 0 Å². The number of hydrogen-bond acceptors (Lipinski definition) is 7. The number of carbonyl (C=O) groups excluding carboxylic acids is 2. The Kier molecular flexibility index (Phi) is 8.50. The standard InChI is InChI=1S/C15H24N2O6S2/c1-10(2)13(17-25(20,21)12-6-5-9-24-12)15(19)23-11(3)14(18)16-7-8-22-4/h5-6,9-11,13,17H,7-8H2,1-4H3,(H,16,18)/t11-,13+/m0/s1. The van der Waals surface area contributed by atoms with Crippen LogP contribution < -0.4 is 10.0 Å². The molecule has 0 aromatic carbocycles. The number of rotatable bonds is 10. The normalized spacial score (nSPS) is 14.1. The minimum atomic E-state index is -3.83. The highest BCUT2D eigenvalue weighted by molar-refractivity contribution is 7.91. The van der Waals surface area contributed by atoms with Gasteiger partial charge < -0.3 is 14.8 Å². The van der Waals surface area contributed by atoms with Crippen molar-refractivity contribution in [3.05, 3.63) is 17.5 Å². The minimum absolute atomic E-state index is 0.108. The van der Waals surface area contributed by atoms with Crippen molar-refractivity contribution >= 4 is 33.2 Å². The highest BCUT2D eigenvalue weighted by Crippen LogP contribution is 2.18. The summed E-state index contributed by atoms with van der Waals surface area (Å²) < 4.78 is 37.0. The predicted molar refractivity (Wildman–Crippen MR) is 93.7 cm³/mol. The number of sulfonamides is 1. The number of carbonyl (C=O) groups is 2. The van der Waals surface area contributed by atoms with Gasteiger partial charge in [-0.15, -0.1) is 11.3 Å². The van der Waals surface area contributed by atoms with E-state index in [0.717, 1.165) is 11.3 Å². The Morgan fingerprint density at radius 1 is 1.28 bits per heavy atom. The van der Waals surface area contributed by atoms with Gasteiger partial charge in [0.1, 0.15) is 10.3 Å². The highest BCUT2D eigenvalue weighted by atomic mass is 32.2. The molecule has 0 spiro atoms. The largest absolute Gasteiger partial charge is 0.451 e. The quantitative estimate of drug-likeness (QED) is 0.449. The molecular weight excluding hydrogens is 368 g/mol. The summed E-state index contributed by atoms with van der Waals surface area (Å²) in [6.45, 7) is 5.42. The first-order valence-electron chi connectivity index (χ1n) is 7.72. The van der Waals surface area contributed by atoms with Crippen LogP contribution in [0.5, 0.6) is 0 Å². The highest BCUT2D eigenvalue weighted by Gasteiger charge is 2.32. The van der Waals surface area contributed by atoms with E-state index in [1.807, 2.05) is 0 Å². The first-order valence-corrected chi connectivity index (χ1v) is 10.1. The zero-order valence-corrected chi connectivity index (χ0v) is 16.3. The molecule has 0 saturated heterocycles. The van der Waals surface area contributed by atoms with Crippen molar-refractivity contribution in [1.29, 1.82) is 0 Å². The Morgan fingerprint density at radius 3 is 2.48 bits per heavy atom. The van der Waals surface area contributed by atoms with Crippen molar-refractivity contribution < 1.29 is 27.5 Å². The molecule has 25 heavy (non-hydrogen) atoms. The predicted octanol–water partition coefficient (Wildman–Crippen LogP) is 0.745. The van der Waals surface area contributed by atoms with Gasteiger partial charge in [-0.05, 0) is 24.3 Å². The second kappa shape index (κ2) is 9.85. The van der Waals surface area contributed by atoms with Crippen molar-refractivity contribution in [1.82, 2.24) is 10.0 Å². The van der Waals surface area contributed by atoms with Crippen LogP contribution in [0.2, 0.25) is 0 Å². The lowest BCUT2D eigenvalue weighted by atomic mass is 10.1. The minimum Gasteiger partial charge on any atom is -0.451 e. The number of ether oxygens (including phenoxy) is 2. The van der Waals surface area contributed by atoms with Gasteiger partial charge in [0.05, 0.1) is 6.61 Å². The lowest BCUT2D eigenvalue weighted by Crippen LogP contribution is -2.47. The molecule has 2 atom stereocenters. The maximum atomic E-state index is 12.3. The van der Waals surface area contributed by atoms with Crippen LogP contribution in [0.4, 0.5) is 0 Å². The van der Waals surface area contributed by atoms with Crippen LogP contribution in [0, 0.1) is 5.92 Å². The van der Waals surface area contributed by atoms with Gasteiger partial charge in [-0.3, -0.25) is 9.59 Å². The maximum absolute atomic E-state index is 12.3. The van der Waals surface area contributed by atoms with Crippen molar-refractivity contribution in [2.45, 2.75) is 37.1 Å². The zero-order chi connectivity index (χ0) is 19.0. The molecule has 1 aromatic heterocycles. The van der Waals surface area contributed by atoms with E-state index in [1.165, 1.54) is 20.1 Å². The molecule has 1 rings (SSSR count). The van der Waals surface area contributed by atoms with Gasteiger partial charge in [0.25, 0.3) is 15.9 Å². The van der Waals surface area contributed by atoms with E-state index in [1.54, 1.807) is 25.3 Å². The fraction of sp³-hybridized carbons (Fsp3) is 0.600. The molecule has 142 valence electrons. The number of methoxy groups -OCH3 is 1. The molecule has 0 radical (unpaired) electrons. The van der Waals surface area contributed by atoms with Gasteiger partial charge in [0.15, 0.2) is 6.10 Å². The summed E-state index contributed by atoms with van der Waals surface area (Å²) in [5, 5.41) is 4.18. The summed E-state index contributed by atoms with van der Waals surface area (Å²) in [7, 11) is -2.33. The third-order valence-corrected chi connectivity index (χ3v) is 6.07. The first-order chi connectivity index (χ1) is 11.7. The van der Waals surface area contributed by atoms with Gasteiger partial charge in [-0.1, -0.05) is 19.9 Å². The molecule has 2 N–H and O–H groups in total. The zero-order valence-electron chi connectivity index (χ0n) is 14.6. The second-order valence-corrected chi connectivity index (χ2v) is 8.53. The summed E-state index contributed by atoms with van der Waals surface area (Å²) in [5.41, 5.74) is 0. The maximum Gasteiger partial charge on any atom is 0.325 e. The summed E-state index contributed by atoms with van der Waals surface area (Å²) >= 11 is 1.05. The van der Waals surface area contributed by atoms with Gasteiger partial charge in [0.2, 0.25) is 0 Å². The molecule has 1 amide bonds. The molecule has 0 aliphatic carbocycles. The Labute approximate surface area is 151 Å². The van der Waals surface area contributed by atoms with Crippen molar-refractivity contribution in [2.75, 3.05) is 20.3 Å². The molecule has 0 bridgehead atoms. The average Bonchev–Trinajstić information content (AvgIpc) is 3.07. The lowest BCUT2D eigenvalue weighted by molar-refractivity contribution is -0.157. The van der Waals surface area contributed by atoms with Crippen LogP contribution in [0.3, 0.4) is 0 Å². The molecule has 10 heteroatoms. The Balaban J connectivity index is 2.72. The molecular formula is C15H24N2O6S2. The van der Waals surface area contributed by atoms with Crippen molar-refractivity contribution in [3.8, 4) is 0 Å². The fourth-order valence-corrected chi connectivity index (χ4v) is 4.16. The van der Waals surface area contributed by atoms with Gasteiger partial charge in [-0.2, -0.15) is 4.72 Å². The molecule has 1 aromatic rings. The molecule has 0 aliphatic heterocycles. The third kappa shape index (κ3) is 6.73. The Morgan fingerprint density at radius 2 is 1.96 bits per heavy atom. The van der Waals surface area contributed by atoms with E-state index in [-0.39, 0.29) is 16.7 Å². The van der Waals surface area contributed by atoms with Crippen LogP contribution in [0.1, 0.15) is 20.8 Å². The topological polar surface area (TPSA) is 111 Å². The average molecular weight is 392 g/mol. The molecule has 0 unspecified atom stereocenters. The summed E-state index contributed by atoms with van der Waals surface area (Å²) in [5.74, 6) is -1.63. The van der Waals surface area contributed by atoms with Crippen LogP contribution in [-0.2, 0) is 29.1 Å². The summed E-state index contributed by atoms with van der Waals surface area (Å²) in [6.07, 6.45) is -1.04. The van der Waals surface area contributed by atoms with Crippen LogP contribution in [0.25, 0.3) is 0 Å². The third-order valence-electron chi connectivity index (χ3n) is 3.23. The van der Waals surface area contributed by atoms with Gasteiger partial charge in [-0.25, -0.2) is 8.42 Å². The molecule has 0 fully saturated rings. The molecule has 1 heterocycles. The molecule has 0 aliphatic rings. The van der Waals surface area contributed by atoms with Crippen molar-refractivity contribution in [3.63, 3.8) is 0 Å². The van der Waals surface area contributed by atoms with Crippen LogP contribution >= 0.6 is 11.3 Å². The number of thiophene rings is 1. The van der Waals surface area contributed by atoms with Gasteiger partial charge >= 0.3 is 5.97 Å². The smallest absolute Gasteiger partial charge is 0.325 e. The number of hydrogen-bond donors (Lipinski definition) is 2. The van der Waals surface area contributed by atoms with E-state index < -0.39 is 34.0 Å². The first kappa shape index (κ1) is 21.6. The monoisotopic (exact) mass is 392 g/mol. The molecule has 8 nitrogen and oxygen atoms in total. The van der Waals surface area contributed by atoms with Crippen LogP contribution in [0.15, 0.2) is 21.7 Å². The number of esters is 1. The summed E-state index contributed by atoms with van der Waals surface area (Å²) in [4.78, 5) is 24.2. The van der Waals surface area contributed by atoms with E-state index in [2.05, 4.69) is 10.0 Å². The summed E-state index contributed by atoms with van der Waals surface area (Å²) in [6, 6.07) is 1.96. The van der Waals surface area contributed by atoms with E-state index in [4.69, 9.17) is 9.47 Å². The Bertz CT molecular complexity index is 658. The van der Waals surface area contributed by atoms with Gasteiger partial charge in [0, 0.05) is 13.7 Å². The fourth-order valence-electron chi connectivity index (χ4n) is 1.82. The molecule has 0 saturated carbocycles. The van der Waals surface area contributed by atoms with Crippen molar-refractivity contribution in [2.24, 2.45) is 5.92 Å². The van der Waals surface area contributed by atoms with E-state index in [9.17, 15) is 18.0 Å². The number of nitrogens with one attached hydrogen (secondary N) is 2. The second-order valence-electron chi connectivity index (χ2n) is 5.64. The van der Waals surface area contributed by atoms with Crippen LogP contribution in [-0.4, -0.2) is 52.7 Å². The van der Waals surface area contributed by atoms with E-state index in [0.29, 0.717) is 6.61 Å². The number of amides is 1. The SMILES string of the molecule is COCCNC(=O)[C@H](C)OC(=O)[C@H](NS(=O)(=O)c1cccs1)C(C)C. The Hall–Kier alpha value is -1.49.